The lowest BCUT2D eigenvalue weighted by molar-refractivity contribution is -0.117. The highest BCUT2D eigenvalue weighted by atomic mass is 19.1. The fourth-order valence-electron chi connectivity index (χ4n) is 6.26. The van der Waals surface area contributed by atoms with Gasteiger partial charge in [-0.25, -0.2) is 8.78 Å². The number of hydrogen-bond donors (Lipinski definition) is 2. The fourth-order valence-corrected chi connectivity index (χ4v) is 6.26. The monoisotopic (exact) mass is 475 g/mol. The van der Waals surface area contributed by atoms with Crippen molar-refractivity contribution in [1.29, 1.82) is 0 Å². The molecular formula is C30H31F2NO2. The summed E-state index contributed by atoms with van der Waals surface area (Å²) in [6, 6.07) is 11.1. The lowest BCUT2D eigenvalue weighted by Crippen LogP contribution is -2.44. The molecule has 3 nitrogen and oxygen atoms in total. The number of halogens is 2. The van der Waals surface area contributed by atoms with Crippen molar-refractivity contribution in [2.75, 3.05) is 0 Å². The van der Waals surface area contributed by atoms with Gasteiger partial charge >= 0.3 is 0 Å². The van der Waals surface area contributed by atoms with Crippen molar-refractivity contribution in [2.24, 2.45) is 11.1 Å². The molecule has 5 rings (SSSR count). The predicted molar refractivity (Wildman–Crippen MR) is 133 cm³/mol. The van der Waals surface area contributed by atoms with Gasteiger partial charge in [-0.3, -0.25) is 4.79 Å². The molecule has 2 aromatic rings. The molecule has 3 aliphatic rings. The van der Waals surface area contributed by atoms with Crippen LogP contribution in [0.5, 0.6) is 0 Å². The van der Waals surface area contributed by atoms with Crippen LogP contribution in [-0.4, -0.2) is 16.6 Å². The number of primary amides is 1. The minimum atomic E-state index is -0.921. The van der Waals surface area contributed by atoms with Gasteiger partial charge in [-0.1, -0.05) is 48.9 Å². The standard InChI is InChI=1S/C30H31F2NO2/c1-29-18-23-3-2-20(19-4-7-26(31)8-5-19)14-24(23)15-25(29)11-13-30(29,35)12-10-22-16-27(32)9-6-21(22)17-28(33)34/h2-9,15-16,20,35H,10-14,17-18H2,1H3,(H2,33,34). The fraction of sp³-hybridized carbons (Fsp3) is 0.367. The summed E-state index contributed by atoms with van der Waals surface area (Å²) in [5, 5.41) is 11.9. The number of aryl methyl sites for hydroxylation is 1. The highest BCUT2D eigenvalue weighted by molar-refractivity contribution is 5.77. The summed E-state index contributed by atoms with van der Waals surface area (Å²) in [5.41, 5.74) is 10.4. The van der Waals surface area contributed by atoms with Gasteiger partial charge in [0.15, 0.2) is 0 Å². The van der Waals surface area contributed by atoms with Crippen molar-refractivity contribution >= 4 is 5.91 Å². The van der Waals surface area contributed by atoms with E-state index in [0.29, 0.717) is 19.3 Å². The van der Waals surface area contributed by atoms with E-state index in [1.54, 1.807) is 6.07 Å². The van der Waals surface area contributed by atoms with Gasteiger partial charge in [0.1, 0.15) is 11.6 Å². The minimum Gasteiger partial charge on any atom is -0.389 e. The van der Waals surface area contributed by atoms with Crippen molar-refractivity contribution in [3.8, 4) is 0 Å². The molecule has 0 aromatic heterocycles. The lowest BCUT2D eigenvalue weighted by atomic mass is 9.63. The van der Waals surface area contributed by atoms with E-state index in [9.17, 15) is 18.7 Å². The molecule has 3 unspecified atom stereocenters. The van der Waals surface area contributed by atoms with Crippen molar-refractivity contribution < 1.29 is 18.7 Å². The summed E-state index contributed by atoms with van der Waals surface area (Å²) in [5.74, 6) is -0.819. The van der Waals surface area contributed by atoms with Gasteiger partial charge in [-0.05, 0) is 90.6 Å². The SMILES string of the molecule is CC12CC3=C(C=C1CCC2(O)CCc1cc(F)ccc1CC(N)=O)CC(c1ccc(F)cc1)C=C3. The van der Waals surface area contributed by atoms with Gasteiger partial charge in [-0.2, -0.15) is 0 Å². The summed E-state index contributed by atoms with van der Waals surface area (Å²) < 4.78 is 27.3. The first-order valence-electron chi connectivity index (χ1n) is 12.3. The largest absolute Gasteiger partial charge is 0.389 e. The van der Waals surface area contributed by atoms with Gasteiger partial charge in [-0.15, -0.1) is 0 Å². The van der Waals surface area contributed by atoms with Crippen LogP contribution in [0.15, 0.2) is 77.4 Å². The van der Waals surface area contributed by atoms with Crippen LogP contribution in [0.2, 0.25) is 0 Å². The molecule has 1 amide bonds. The molecule has 0 heterocycles. The minimum absolute atomic E-state index is 0.0622. The number of carbonyl (C=O) groups is 1. The van der Waals surface area contributed by atoms with Crippen LogP contribution in [0.25, 0.3) is 0 Å². The number of fused-ring (bicyclic) bond motifs is 1. The predicted octanol–water partition coefficient (Wildman–Crippen LogP) is 5.83. The average molecular weight is 476 g/mol. The number of benzene rings is 2. The van der Waals surface area contributed by atoms with E-state index >= 15 is 0 Å². The quantitative estimate of drug-likeness (QED) is 0.552. The number of rotatable bonds is 6. The Hall–Kier alpha value is -3.05. The average Bonchev–Trinajstić information content (AvgIpc) is 3.07. The molecule has 0 radical (unpaired) electrons. The summed E-state index contributed by atoms with van der Waals surface area (Å²) >= 11 is 0. The van der Waals surface area contributed by atoms with E-state index in [1.807, 2.05) is 12.1 Å². The highest BCUT2D eigenvalue weighted by Gasteiger charge is 2.54. The Labute approximate surface area is 205 Å². The number of hydrogen-bond acceptors (Lipinski definition) is 2. The Morgan fingerprint density at radius 1 is 1.09 bits per heavy atom. The van der Waals surface area contributed by atoms with Crippen LogP contribution in [-0.2, 0) is 17.6 Å². The van der Waals surface area contributed by atoms with E-state index in [0.717, 1.165) is 36.0 Å². The molecule has 2 aromatic carbocycles. The van der Waals surface area contributed by atoms with Crippen molar-refractivity contribution in [3.63, 3.8) is 0 Å². The van der Waals surface area contributed by atoms with Gasteiger partial charge in [0.2, 0.25) is 5.91 Å². The smallest absolute Gasteiger partial charge is 0.221 e. The molecule has 0 bridgehead atoms. The first-order valence-corrected chi connectivity index (χ1v) is 12.3. The van der Waals surface area contributed by atoms with Gasteiger partial charge in [0.25, 0.3) is 0 Å². The molecular weight excluding hydrogens is 444 g/mol. The number of aliphatic hydroxyl groups is 1. The Bertz CT molecular complexity index is 1260. The Kier molecular flexibility index (Phi) is 6.00. The van der Waals surface area contributed by atoms with Gasteiger partial charge in [0, 0.05) is 11.3 Å². The third-order valence-electron chi connectivity index (χ3n) is 8.46. The molecule has 0 spiro atoms. The van der Waals surface area contributed by atoms with E-state index in [-0.39, 0.29) is 24.0 Å². The van der Waals surface area contributed by atoms with Crippen molar-refractivity contribution in [1.82, 2.24) is 0 Å². The zero-order valence-corrected chi connectivity index (χ0v) is 20.0. The van der Waals surface area contributed by atoms with E-state index < -0.39 is 16.9 Å². The maximum absolute atomic E-state index is 14.0. The van der Waals surface area contributed by atoms with Crippen LogP contribution in [0.3, 0.4) is 0 Å². The van der Waals surface area contributed by atoms with Crippen LogP contribution in [0.1, 0.15) is 61.6 Å². The Balaban J connectivity index is 1.34. The highest BCUT2D eigenvalue weighted by Crippen LogP contribution is 2.59. The lowest BCUT2D eigenvalue weighted by Gasteiger charge is -2.44. The van der Waals surface area contributed by atoms with E-state index in [4.69, 9.17) is 5.73 Å². The molecule has 35 heavy (non-hydrogen) atoms. The Morgan fingerprint density at radius 3 is 2.57 bits per heavy atom. The number of amides is 1. The van der Waals surface area contributed by atoms with Crippen LogP contribution in [0.4, 0.5) is 8.78 Å². The second-order valence-corrected chi connectivity index (χ2v) is 10.5. The van der Waals surface area contributed by atoms with Crippen LogP contribution >= 0.6 is 0 Å². The zero-order chi connectivity index (χ0) is 24.8. The normalized spacial score (nSPS) is 27.4. The second kappa shape index (κ2) is 8.87. The molecule has 1 fully saturated rings. The van der Waals surface area contributed by atoms with E-state index in [1.165, 1.54) is 41.0 Å². The zero-order valence-electron chi connectivity index (χ0n) is 20.0. The topological polar surface area (TPSA) is 63.3 Å². The van der Waals surface area contributed by atoms with E-state index in [2.05, 4.69) is 25.2 Å². The van der Waals surface area contributed by atoms with Crippen molar-refractivity contribution in [2.45, 2.75) is 63.4 Å². The molecule has 5 heteroatoms. The molecule has 3 atom stereocenters. The molecule has 0 aliphatic heterocycles. The number of carbonyl (C=O) groups excluding carboxylic acids is 1. The second-order valence-electron chi connectivity index (χ2n) is 10.5. The summed E-state index contributed by atoms with van der Waals surface area (Å²) in [4.78, 5) is 11.5. The molecule has 182 valence electrons. The first-order chi connectivity index (χ1) is 16.7. The summed E-state index contributed by atoms with van der Waals surface area (Å²) in [6.07, 6.45) is 10.8. The first kappa shape index (κ1) is 23.7. The molecule has 1 saturated carbocycles. The maximum Gasteiger partial charge on any atom is 0.221 e. The third kappa shape index (κ3) is 4.38. The maximum atomic E-state index is 14.0. The van der Waals surface area contributed by atoms with Gasteiger partial charge in [0.05, 0.1) is 12.0 Å². The number of nitrogens with two attached hydrogens (primary N) is 1. The molecule has 3 N–H and O–H groups in total. The van der Waals surface area contributed by atoms with Crippen molar-refractivity contribution in [3.05, 3.63) is 106 Å². The summed E-state index contributed by atoms with van der Waals surface area (Å²) in [7, 11) is 0. The Morgan fingerprint density at radius 2 is 1.83 bits per heavy atom. The molecule has 0 saturated heterocycles. The van der Waals surface area contributed by atoms with Crippen LogP contribution < -0.4 is 5.73 Å². The van der Waals surface area contributed by atoms with Crippen LogP contribution in [0, 0.1) is 17.0 Å². The number of allylic oxidation sites excluding steroid dienone is 5. The third-order valence-corrected chi connectivity index (χ3v) is 8.46. The summed E-state index contributed by atoms with van der Waals surface area (Å²) in [6.45, 7) is 2.14. The molecule has 3 aliphatic carbocycles. The van der Waals surface area contributed by atoms with Gasteiger partial charge < -0.3 is 10.8 Å².